The second-order valence-electron chi connectivity index (χ2n) is 10.4. The van der Waals surface area contributed by atoms with E-state index in [-0.39, 0.29) is 36.6 Å². The molecule has 10 heteroatoms. The topological polar surface area (TPSA) is 108 Å². The Balaban J connectivity index is 1.83. The van der Waals surface area contributed by atoms with Crippen LogP contribution in [0.25, 0.3) is 0 Å². The van der Waals surface area contributed by atoms with Crippen LogP contribution in [0.15, 0.2) is 95.5 Å². The van der Waals surface area contributed by atoms with Gasteiger partial charge in [-0.05, 0) is 73.9 Å². The molecular formula is C34H32ClFN2O6. The molecule has 0 radical (unpaired) electrons. The molecule has 0 amide bonds. The van der Waals surface area contributed by atoms with Crippen LogP contribution in [0, 0.1) is 11.7 Å². The highest BCUT2D eigenvalue weighted by Crippen LogP contribution is 2.52. The quantitative estimate of drug-likeness (QED) is 0.241. The number of anilines is 1. The molecule has 1 aliphatic carbocycles. The fourth-order valence-corrected chi connectivity index (χ4v) is 6.25. The van der Waals surface area contributed by atoms with Gasteiger partial charge in [0.2, 0.25) is 0 Å². The second-order valence-corrected chi connectivity index (χ2v) is 10.8. The van der Waals surface area contributed by atoms with E-state index >= 15 is 0 Å². The lowest BCUT2D eigenvalue weighted by atomic mass is 9.67. The van der Waals surface area contributed by atoms with Crippen molar-refractivity contribution in [3.05, 3.63) is 117 Å². The predicted molar refractivity (Wildman–Crippen MR) is 163 cm³/mol. The second kappa shape index (κ2) is 12.9. The summed E-state index contributed by atoms with van der Waals surface area (Å²) in [5.41, 5.74) is 8.85. The van der Waals surface area contributed by atoms with Crippen molar-refractivity contribution in [2.45, 2.75) is 32.1 Å². The highest BCUT2D eigenvalue weighted by molar-refractivity contribution is 6.30. The van der Waals surface area contributed by atoms with E-state index in [0.29, 0.717) is 33.3 Å². The smallest absolute Gasteiger partial charge is 0.338 e. The first-order valence-electron chi connectivity index (χ1n) is 14.3. The average molecular weight is 619 g/mol. The molecule has 3 aromatic carbocycles. The third-order valence-corrected chi connectivity index (χ3v) is 8.08. The maximum Gasteiger partial charge on any atom is 0.338 e. The molecule has 8 nitrogen and oxygen atoms in total. The summed E-state index contributed by atoms with van der Waals surface area (Å²) in [7, 11) is 1.53. The number of carbonyl (C=O) groups excluding carboxylic acids is 3. The van der Waals surface area contributed by atoms with Crippen molar-refractivity contribution < 1.29 is 33.0 Å². The number of halogens is 2. The first-order valence-corrected chi connectivity index (χ1v) is 14.6. The van der Waals surface area contributed by atoms with E-state index in [1.807, 2.05) is 6.07 Å². The third kappa shape index (κ3) is 5.67. The number of nitrogens with zero attached hydrogens (tertiary/aromatic N) is 1. The predicted octanol–water partition coefficient (Wildman–Crippen LogP) is 6.01. The van der Waals surface area contributed by atoms with Crippen molar-refractivity contribution >= 4 is 35.0 Å². The van der Waals surface area contributed by atoms with Gasteiger partial charge in [0, 0.05) is 22.2 Å². The maximum absolute atomic E-state index is 14.8. The minimum atomic E-state index is -1.25. The van der Waals surface area contributed by atoms with Crippen LogP contribution >= 0.6 is 11.6 Å². The molecule has 0 fully saturated rings. The summed E-state index contributed by atoms with van der Waals surface area (Å²) in [6, 6.07) is 19.5. The number of methoxy groups -OCH3 is 1. The Morgan fingerprint density at radius 2 is 1.68 bits per heavy atom. The number of benzene rings is 3. The molecule has 44 heavy (non-hydrogen) atoms. The molecule has 0 bridgehead atoms. The summed E-state index contributed by atoms with van der Waals surface area (Å²) >= 11 is 6.39. The number of rotatable bonds is 8. The Morgan fingerprint density at radius 3 is 2.36 bits per heavy atom. The zero-order valence-electron chi connectivity index (χ0n) is 24.5. The van der Waals surface area contributed by atoms with Crippen LogP contribution in [-0.4, -0.2) is 38.0 Å². The van der Waals surface area contributed by atoms with Gasteiger partial charge in [0.15, 0.2) is 5.78 Å². The van der Waals surface area contributed by atoms with Gasteiger partial charge in [-0.3, -0.25) is 14.5 Å². The standard InChI is InChI=1S/C34H32ClFN2O6/c1-4-43-33(40)28-25(19-9-7-14-24(16-19)42-3)18-26-29(31(28)39)27(20-10-6-11-21(35)15-20)30(34(41)44-5-2)32(37)38(26)23-13-8-12-22(36)17-23/h6-17,25,27-28H,4-5,18,37H2,1-3H3/t25-,27-,28-/m1/s1. The third-order valence-electron chi connectivity index (χ3n) is 7.84. The molecule has 5 rings (SSSR count). The first kappa shape index (κ1) is 30.8. The molecule has 0 aromatic heterocycles. The highest BCUT2D eigenvalue weighted by Gasteiger charge is 2.51. The minimum absolute atomic E-state index is 0.0204. The fourth-order valence-electron chi connectivity index (χ4n) is 6.05. The van der Waals surface area contributed by atoms with Crippen molar-refractivity contribution in [2.24, 2.45) is 11.7 Å². The lowest BCUT2D eigenvalue weighted by Gasteiger charge is -2.44. The van der Waals surface area contributed by atoms with Crippen molar-refractivity contribution in [1.29, 1.82) is 0 Å². The van der Waals surface area contributed by atoms with Crippen LogP contribution < -0.4 is 15.4 Å². The molecule has 228 valence electrons. The number of Topliss-reactive ketones (excluding diaryl/α,β-unsaturated/α-hetero) is 1. The average Bonchev–Trinajstić information content (AvgIpc) is 3.00. The van der Waals surface area contributed by atoms with Crippen LogP contribution in [0.4, 0.5) is 10.1 Å². The number of ether oxygens (including phenoxy) is 3. The first-order chi connectivity index (χ1) is 21.2. The monoisotopic (exact) mass is 618 g/mol. The van der Waals surface area contributed by atoms with E-state index in [1.54, 1.807) is 62.4 Å². The molecule has 0 saturated heterocycles. The van der Waals surface area contributed by atoms with E-state index in [4.69, 9.17) is 31.5 Å². The number of ketones is 1. The summed E-state index contributed by atoms with van der Waals surface area (Å²) in [6.45, 7) is 3.43. The summed E-state index contributed by atoms with van der Waals surface area (Å²) in [5, 5.41) is 0.374. The number of allylic oxidation sites excluding steroid dienone is 2. The zero-order valence-corrected chi connectivity index (χ0v) is 25.3. The largest absolute Gasteiger partial charge is 0.497 e. The maximum atomic E-state index is 14.8. The summed E-state index contributed by atoms with van der Waals surface area (Å²) in [6.07, 6.45) is 0.127. The SMILES string of the molecule is CCOC(=O)C1=C(N)N(c2cccc(F)c2)C2=C(C(=O)[C@H](C(=O)OCC)[C@@H](c3cccc(OC)c3)C2)[C@H]1c1cccc(Cl)c1. The van der Waals surface area contributed by atoms with E-state index in [9.17, 15) is 18.8 Å². The molecule has 1 aliphatic heterocycles. The lowest BCUT2D eigenvalue weighted by Crippen LogP contribution is -2.46. The Labute approximate surface area is 259 Å². The number of hydrogen-bond donors (Lipinski definition) is 1. The lowest BCUT2D eigenvalue weighted by molar-refractivity contribution is -0.152. The van der Waals surface area contributed by atoms with Gasteiger partial charge < -0.3 is 19.9 Å². The number of carbonyl (C=O) groups is 3. The Hall–Kier alpha value is -4.63. The van der Waals surface area contributed by atoms with Crippen molar-refractivity contribution in [3.63, 3.8) is 0 Å². The van der Waals surface area contributed by atoms with Gasteiger partial charge in [0.25, 0.3) is 0 Å². The van der Waals surface area contributed by atoms with E-state index in [1.165, 1.54) is 30.2 Å². The molecular weight excluding hydrogens is 587 g/mol. The molecule has 2 aliphatic rings. The van der Waals surface area contributed by atoms with Crippen molar-refractivity contribution in [1.82, 2.24) is 0 Å². The van der Waals surface area contributed by atoms with Gasteiger partial charge in [0.1, 0.15) is 23.3 Å². The molecule has 1 heterocycles. The summed E-state index contributed by atoms with van der Waals surface area (Å²) in [5.74, 6) is -4.97. The highest BCUT2D eigenvalue weighted by atomic mass is 35.5. The normalized spacial score (nSPS) is 19.9. The Morgan fingerprint density at radius 1 is 0.977 bits per heavy atom. The van der Waals surface area contributed by atoms with Crippen molar-refractivity contribution in [2.75, 3.05) is 25.2 Å². The zero-order chi connectivity index (χ0) is 31.5. The molecule has 3 atom stereocenters. The minimum Gasteiger partial charge on any atom is -0.497 e. The molecule has 0 spiro atoms. The number of hydrogen-bond acceptors (Lipinski definition) is 8. The number of nitrogens with two attached hydrogens (primary N) is 1. The summed E-state index contributed by atoms with van der Waals surface area (Å²) < 4.78 is 30.9. The van der Waals surface area contributed by atoms with Crippen LogP contribution in [0.1, 0.15) is 43.2 Å². The van der Waals surface area contributed by atoms with E-state index in [2.05, 4.69) is 0 Å². The number of esters is 2. The Kier molecular flexibility index (Phi) is 9.06. The fraction of sp³-hybridized carbons (Fsp3) is 0.265. The molecule has 0 saturated carbocycles. The van der Waals surface area contributed by atoms with Gasteiger partial charge in [-0.15, -0.1) is 0 Å². The van der Waals surface area contributed by atoms with Gasteiger partial charge in [-0.1, -0.05) is 41.9 Å². The summed E-state index contributed by atoms with van der Waals surface area (Å²) in [4.78, 5) is 43.6. The van der Waals surface area contributed by atoms with Crippen LogP contribution in [-0.2, 0) is 23.9 Å². The van der Waals surface area contributed by atoms with E-state index in [0.717, 1.165) is 0 Å². The molecule has 2 N–H and O–H groups in total. The molecule has 3 aromatic rings. The van der Waals surface area contributed by atoms with Gasteiger partial charge >= 0.3 is 11.9 Å². The van der Waals surface area contributed by atoms with Gasteiger partial charge in [0.05, 0.1) is 37.5 Å². The Bertz CT molecular complexity index is 1690. The van der Waals surface area contributed by atoms with E-state index < -0.39 is 41.3 Å². The van der Waals surface area contributed by atoms with Gasteiger partial charge in [-0.25, -0.2) is 9.18 Å². The van der Waals surface area contributed by atoms with Crippen LogP contribution in [0.3, 0.4) is 0 Å². The van der Waals surface area contributed by atoms with Crippen LogP contribution in [0.2, 0.25) is 5.02 Å². The van der Waals surface area contributed by atoms with Crippen LogP contribution in [0.5, 0.6) is 5.75 Å². The van der Waals surface area contributed by atoms with Crippen molar-refractivity contribution in [3.8, 4) is 5.75 Å². The van der Waals surface area contributed by atoms with Gasteiger partial charge in [-0.2, -0.15) is 0 Å². The molecule has 0 unspecified atom stereocenters.